The van der Waals surface area contributed by atoms with E-state index in [1.807, 2.05) is 0 Å². The lowest BCUT2D eigenvalue weighted by Crippen LogP contribution is -2.59. The lowest BCUT2D eigenvalue weighted by molar-refractivity contribution is -0.287. The number of rotatable bonds is 6. The molecule has 0 aromatic heterocycles. The number of thioether (sulfide) groups is 1. The molecule has 1 rings (SSSR count). The Hall–Kier alpha value is -1.24. The van der Waals surface area contributed by atoms with Gasteiger partial charge in [0, 0.05) is 19.6 Å². The first-order valence-corrected chi connectivity index (χ1v) is 8.06. The summed E-state index contributed by atoms with van der Waals surface area (Å²) < 4.78 is 9.77. The highest BCUT2D eigenvalue weighted by Crippen LogP contribution is 2.20. The van der Waals surface area contributed by atoms with E-state index >= 15 is 0 Å². The van der Waals surface area contributed by atoms with Crippen molar-refractivity contribution in [2.45, 2.75) is 50.6 Å². The average Bonchev–Trinajstić information content (AvgIpc) is 2.50. The molecule has 0 bridgehead atoms. The van der Waals surface area contributed by atoms with E-state index in [0.29, 0.717) is 0 Å². The number of esters is 1. The first-order valence-electron chi connectivity index (χ1n) is 7.08. The van der Waals surface area contributed by atoms with Gasteiger partial charge in [-0.25, -0.2) is 4.79 Å². The van der Waals surface area contributed by atoms with Gasteiger partial charge in [-0.2, -0.15) is 0 Å². The summed E-state index contributed by atoms with van der Waals surface area (Å²) in [6.07, 6.45) is -7.95. The van der Waals surface area contributed by atoms with Crippen molar-refractivity contribution in [3.05, 3.63) is 0 Å². The molecule has 6 atom stereocenters. The second kappa shape index (κ2) is 9.30. The summed E-state index contributed by atoms with van der Waals surface area (Å²) >= 11 is 0.825. The zero-order valence-electron chi connectivity index (χ0n) is 13.1. The molecule has 1 fully saturated rings. The maximum Gasteiger partial charge on any atom is 0.329 e. The van der Waals surface area contributed by atoms with E-state index in [0.717, 1.165) is 11.8 Å². The number of ether oxygens (including phenoxy) is 2. The quantitative estimate of drug-likeness (QED) is 0.308. The molecule has 0 aromatic carbocycles. The van der Waals surface area contributed by atoms with Gasteiger partial charge in [-0.15, -0.1) is 0 Å². The van der Waals surface area contributed by atoms with E-state index < -0.39 is 55.2 Å². The highest BCUT2D eigenvalue weighted by molar-refractivity contribution is 8.13. The summed E-state index contributed by atoms with van der Waals surface area (Å²) in [7, 11) is 0. The predicted molar refractivity (Wildman–Crippen MR) is 80.6 cm³/mol. The number of aliphatic hydroxyl groups is 4. The van der Waals surface area contributed by atoms with Crippen LogP contribution in [0.4, 0.5) is 0 Å². The van der Waals surface area contributed by atoms with Gasteiger partial charge < -0.3 is 35.2 Å². The van der Waals surface area contributed by atoms with Gasteiger partial charge in [0.05, 0.1) is 0 Å². The van der Waals surface area contributed by atoms with Gasteiger partial charge in [-0.05, 0) is 0 Å². The Morgan fingerprint density at radius 3 is 2.29 bits per heavy atom. The van der Waals surface area contributed by atoms with Crippen molar-refractivity contribution in [2.75, 3.05) is 12.4 Å². The Labute approximate surface area is 142 Å². The van der Waals surface area contributed by atoms with E-state index in [2.05, 4.69) is 5.32 Å². The van der Waals surface area contributed by atoms with Crippen molar-refractivity contribution in [2.24, 2.45) is 0 Å². The number of hydrogen-bond donors (Lipinski definition) is 5. The molecule has 10 nitrogen and oxygen atoms in total. The zero-order chi connectivity index (χ0) is 18.4. The molecule has 1 saturated heterocycles. The van der Waals surface area contributed by atoms with Crippen LogP contribution in [-0.2, 0) is 23.9 Å². The Balaban J connectivity index is 2.60. The molecular formula is C13H21NO9S. The van der Waals surface area contributed by atoms with Gasteiger partial charge in [0.1, 0.15) is 37.1 Å². The van der Waals surface area contributed by atoms with Crippen LogP contribution in [0.3, 0.4) is 0 Å². The fraction of sp³-hybridized carbons (Fsp3) is 0.769. The molecule has 6 unspecified atom stereocenters. The third-order valence-corrected chi connectivity index (χ3v) is 4.10. The minimum Gasteiger partial charge on any atom is -0.461 e. The largest absolute Gasteiger partial charge is 0.461 e. The molecule has 1 heterocycles. The number of carbonyl (C=O) groups is 3. The smallest absolute Gasteiger partial charge is 0.329 e. The first kappa shape index (κ1) is 20.8. The second-order valence-corrected chi connectivity index (χ2v) is 6.42. The van der Waals surface area contributed by atoms with E-state index in [9.17, 15) is 34.8 Å². The standard InChI is InChI=1S/C13H21NO9S/c1-5(15)14-7(4-24-6(2)16)12(20)22-3-8-9(17)10(18)11(19)13(21)23-8/h7-11,13,17-19,21H,3-4H2,1-2H3,(H,14,15). The third kappa shape index (κ3) is 6.00. The number of carbonyl (C=O) groups excluding carboxylic acids is 3. The normalized spacial score (nSPS) is 31.2. The molecule has 1 amide bonds. The molecule has 0 spiro atoms. The van der Waals surface area contributed by atoms with Crippen LogP contribution < -0.4 is 5.32 Å². The highest BCUT2D eigenvalue weighted by atomic mass is 32.2. The molecular weight excluding hydrogens is 346 g/mol. The summed E-state index contributed by atoms with van der Waals surface area (Å²) in [5, 5.41) is 40.1. The van der Waals surface area contributed by atoms with E-state index in [4.69, 9.17) is 9.47 Å². The minimum atomic E-state index is -1.74. The van der Waals surface area contributed by atoms with Crippen molar-refractivity contribution >= 4 is 28.8 Å². The molecule has 0 aromatic rings. The van der Waals surface area contributed by atoms with Crippen LogP contribution in [0, 0.1) is 0 Å². The summed E-state index contributed by atoms with van der Waals surface area (Å²) in [4.78, 5) is 34.1. The van der Waals surface area contributed by atoms with Crippen molar-refractivity contribution in [1.82, 2.24) is 5.32 Å². The van der Waals surface area contributed by atoms with E-state index in [1.54, 1.807) is 0 Å². The molecule has 5 N–H and O–H groups in total. The molecule has 0 saturated carbocycles. The van der Waals surface area contributed by atoms with Gasteiger partial charge in [-0.1, -0.05) is 11.8 Å². The molecule has 1 aliphatic rings. The SMILES string of the molecule is CC(=O)NC(CSC(C)=O)C(=O)OCC1OC(O)C(O)C(O)C1O. The van der Waals surface area contributed by atoms with E-state index in [1.165, 1.54) is 13.8 Å². The highest BCUT2D eigenvalue weighted by Gasteiger charge is 2.43. The summed E-state index contributed by atoms with van der Waals surface area (Å²) in [5.74, 6) is -1.40. The van der Waals surface area contributed by atoms with Gasteiger partial charge in [0.2, 0.25) is 5.91 Å². The molecule has 24 heavy (non-hydrogen) atoms. The van der Waals surface area contributed by atoms with E-state index in [-0.39, 0.29) is 10.9 Å². The fourth-order valence-corrected chi connectivity index (χ4v) is 2.57. The third-order valence-electron chi connectivity index (χ3n) is 3.19. The monoisotopic (exact) mass is 367 g/mol. The van der Waals surface area contributed by atoms with Crippen molar-refractivity contribution in [3.63, 3.8) is 0 Å². The topological polar surface area (TPSA) is 163 Å². The molecule has 1 aliphatic heterocycles. The maximum absolute atomic E-state index is 12.0. The van der Waals surface area contributed by atoms with Crippen molar-refractivity contribution in [1.29, 1.82) is 0 Å². The Bertz CT molecular complexity index is 474. The number of aliphatic hydroxyl groups excluding tert-OH is 4. The summed E-state index contributed by atoms with van der Waals surface area (Å²) in [6.45, 7) is 1.98. The van der Waals surface area contributed by atoms with Crippen molar-refractivity contribution < 1.29 is 44.3 Å². The summed E-state index contributed by atoms with van der Waals surface area (Å²) in [5.41, 5.74) is 0. The minimum absolute atomic E-state index is 0.0359. The van der Waals surface area contributed by atoms with Crippen LogP contribution in [0.15, 0.2) is 0 Å². The van der Waals surface area contributed by atoms with Crippen LogP contribution in [0.2, 0.25) is 0 Å². The average molecular weight is 367 g/mol. The van der Waals surface area contributed by atoms with Gasteiger partial charge in [0.15, 0.2) is 11.4 Å². The lowest BCUT2D eigenvalue weighted by Gasteiger charge is -2.38. The predicted octanol–water partition coefficient (Wildman–Crippen LogP) is -2.89. The van der Waals surface area contributed by atoms with Gasteiger partial charge >= 0.3 is 5.97 Å². The Kier molecular flexibility index (Phi) is 8.06. The van der Waals surface area contributed by atoms with Crippen LogP contribution >= 0.6 is 11.8 Å². The summed E-state index contributed by atoms with van der Waals surface area (Å²) in [6, 6.07) is -1.09. The molecule has 138 valence electrons. The van der Waals surface area contributed by atoms with Gasteiger partial charge in [-0.3, -0.25) is 9.59 Å². The van der Waals surface area contributed by atoms with Crippen molar-refractivity contribution in [3.8, 4) is 0 Å². The lowest BCUT2D eigenvalue weighted by atomic mass is 9.99. The van der Waals surface area contributed by atoms with Crippen LogP contribution in [0.1, 0.15) is 13.8 Å². The number of hydrogen-bond acceptors (Lipinski definition) is 10. The Morgan fingerprint density at radius 1 is 1.12 bits per heavy atom. The second-order valence-electron chi connectivity index (χ2n) is 5.22. The zero-order valence-corrected chi connectivity index (χ0v) is 13.9. The van der Waals surface area contributed by atoms with Gasteiger partial charge in [0.25, 0.3) is 0 Å². The number of nitrogens with one attached hydrogen (secondary N) is 1. The fourth-order valence-electron chi connectivity index (χ4n) is 1.95. The molecule has 0 radical (unpaired) electrons. The van der Waals surface area contributed by atoms with Crippen LogP contribution in [-0.4, -0.2) is 86.5 Å². The Morgan fingerprint density at radius 2 is 1.75 bits per heavy atom. The maximum atomic E-state index is 12.0. The number of amides is 1. The van der Waals surface area contributed by atoms with Crippen LogP contribution in [0.25, 0.3) is 0 Å². The molecule has 11 heteroatoms. The van der Waals surface area contributed by atoms with Crippen LogP contribution in [0.5, 0.6) is 0 Å². The first-order chi connectivity index (χ1) is 11.1. The molecule has 0 aliphatic carbocycles.